The normalized spacial score (nSPS) is 13.6. The van der Waals surface area contributed by atoms with Crippen molar-refractivity contribution in [2.24, 2.45) is 11.8 Å². The quantitative estimate of drug-likeness (QED) is 0.371. The van der Waals surface area contributed by atoms with E-state index in [-0.39, 0.29) is 30.1 Å². The van der Waals surface area contributed by atoms with E-state index >= 15 is 0 Å². The average Bonchev–Trinajstić information content (AvgIpc) is 2.75. The van der Waals surface area contributed by atoms with Crippen LogP contribution in [0.5, 0.6) is 5.75 Å². The molecule has 0 aliphatic heterocycles. The van der Waals surface area contributed by atoms with E-state index in [4.69, 9.17) is 4.74 Å². The molecule has 0 radical (unpaired) electrons. The van der Waals surface area contributed by atoms with Crippen LogP contribution in [-0.2, 0) is 25.6 Å². The van der Waals surface area contributed by atoms with Crippen LogP contribution in [0.4, 0.5) is 0 Å². The van der Waals surface area contributed by atoms with Gasteiger partial charge in [0, 0.05) is 20.4 Å². The van der Waals surface area contributed by atoms with E-state index in [0.29, 0.717) is 12.2 Å². The van der Waals surface area contributed by atoms with Crippen LogP contribution in [0.1, 0.15) is 46.6 Å². The molecule has 4 N–H and O–H groups in total. The smallest absolute Gasteiger partial charge is 0.243 e. The number of rotatable bonds is 12. The SMILES string of the molecule is CNC(=O)[C@H](Cc1ccc(OC)cc1)NC(=O)[C@@H](NC(=O)[C@H](CC(C)C)NC(C)=O)C(C)C. The predicted molar refractivity (Wildman–Crippen MR) is 127 cm³/mol. The van der Waals surface area contributed by atoms with Crippen LogP contribution in [0.25, 0.3) is 0 Å². The molecule has 4 amide bonds. The fourth-order valence-corrected chi connectivity index (χ4v) is 3.38. The Hall–Kier alpha value is -3.10. The Balaban J connectivity index is 2.98. The van der Waals surface area contributed by atoms with Crippen LogP contribution >= 0.6 is 0 Å². The molecule has 0 unspecified atom stereocenters. The highest BCUT2D eigenvalue weighted by Gasteiger charge is 2.31. The first-order valence-corrected chi connectivity index (χ1v) is 11.2. The molecule has 184 valence electrons. The topological polar surface area (TPSA) is 126 Å². The van der Waals surface area contributed by atoms with Crippen molar-refractivity contribution in [2.75, 3.05) is 14.2 Å². The second kappa shape index (κ2) is 13.4. The van der Waals surface area contributed by atoms with Crippen molar-refractivity contribution in [1.29, 1.82) is 0 Å². The number of amides is 4. The lowest BCUT2D eigenvalue weighted by Gasteiger charge is -2.27. The standard InChI is InChI=1S/C24H38N4O5/c1-14(2)12-19(26-16(5)29)23(31)28-21(15(3)4)24(32)27-20(22(30)25-6)13-17-8-10-18(33-7)11-9-17/h8-11,14-15,19-21H,12-13H2,1-7H3,(H,25,30)(H,26,29)(H,27,32)(H,28,31)/t19-,20-,21-/m0/s1. The molecular weight excluding hydrogens is 424 g/mol. The third kappa shape index (κ3) is 9.51. The van der Waals surface area contributed by atoms with Gasteiger partial charge in [-0.3, -0.25) is 19.2 Å². The van der Waals surface area contributed by atoms with Gasteiger partial charge in [-0.05, 0) is 36.0 Å². The average molecular weight is 463 g/mol. The van der Waals surface area contributed by atoms with Crippen LogP contribution in [0.2, 0.25) is 0 Å². The third-order valence-corrected chi connectivity index (χ3v) is 5.13. The second-order valence-corrected chi connectivity index (χ2v) is 8.84. The maximum atomic E-state index is 13.1. The number of benzene rings is 1. The summed E-state index contributed by atoms with van der Waals surface area (Å²) in [6, 6.07) is 4.78. The first kappa shape index (κ1) is 27.9. The summed E-state index contributed by atoms with van der Waals surface area (Å²) in [5, 5.41) is 10.7. The first-order chi connectivity index (χ1) is 15.5. The summed E-state index contributed by atoms with van der Waals surface area (Å²) in [5.41, 5.74) is 0.845. The molecule has 0 aliphatic rings. The van der Waals surface area contributed by atoms with E-state index < -0.39 is 29.9 Å². The molecule has 0 spiro atoms. The number of nitrogens with one attached hydrogen (secondary N) is 4. The molecule has 0 aromatic heterocycles. The molecule has 9 nitrogen and oxygen atoms in total. The zero-order chi connectivity index (χ0) is 25.1. The van der Waals surface area contributed by atoms with Gasteiger partial charge < -0.3 is 26.0 Å². The first-order valence-electron chi connectivity index (χ1n) is 11.2. The Morgan fingerprint density at radius 2 is 1.45 bits per heavy atom. The van der Waals surface area contributed by atoms with Crippen molar-refractivity contribution in [3.8, 4) is 5.75 Å². The number of carbonyl (C=O) groups is 4. The number of ether oxygens (including phenoxy) is 1. The molecular formula is C24H38N4O5. The van der Waals surface area contributed by atoms with Gasteiger partial charge in [0.15, 0.2) is 0 Å². The van der Waals surface area contributed by atoms with Gasteiger partial charge in [-0.1, -0.05) is 39.8 Å². The Morgan fingerprint density at radius 1 is 0.848 bits per heavy atom. The summed E-state index contributed by atoms with van der Waals surface area (Å²) >= 11 is 0. The summed E-state index contributed by atoms with van der Waals surface area (Å²) in [6.45, 7) is 8.85. The van der Waals surface area contributed by atoms with Gasteiger partial charge in [0.1, 0.15) is 23.9 Å². The van der Waals surface area contributed by atoms with E-state index in [1.807, 2.05) is 26.0 Å². The van der Waals surface area contributed by atoms with E-state index in [1.54, 1.807) is 33.1 Å². The minimum absolute atomic E-state index is 0.168. The highest BCUT2D eigenvalue weighted by Crippen LogP contribution is 2.13. The molecule has 3 atom stereocenters. The molecule has 0 heterocycles. The summed E-state index contributed by atoms with van der Waals surface area (Å²) in [5.74, 6) is -0.939. The van der Waals surface area contributed by atoms with Crippen LogP contribution in [0.3, 0.4) is 0 Å². The summed E-state index contributed by atoms with van der Waals surface area (Å²) in [7, 11) is 3.07. The fraction of sp³-hybridized carbons (Fsp3) is 0.583. The predicted octanol–water partition coefficient (Wildman–Crippen LogP) is 1.16. The Labute approximate surface area is 196 Å². The van der Waals surface area contributed by atoms with Gasteiger partial charge in [-0.25, -0.2) is 0 Å². The van der Waals surface area contributed by atoms with Crippen molar-refractivity contribution in [2.45, 2.75) is 65.6 Å². The zero-order valence-corrected chi connectivity index (χ0v) is 20.7. The van der Waals surface area contributed by atoms with Gasteiger partial charge in [-0.15, -0.1) is 0 Å². The van der Waals surface area contributed by atoms with Gasteiger partial charge in [0.05, 0.1) is 7.11 Å². The Bertz CT molecular complexity index is 808. The van der Waals surface area contributed by atoms with Crippen molar-refractivity contribution in [3.05, 3.63) is 29.8 Å². The molecule has 9 heteroatoms. The van der Waals surface area contributed by atoms with Crippen molar-refractivity contribution < 1.29 is 23.9 Å². The van der Waals surface area contributed by atoms with Gasteiger partial charge in [-0.2, -0.15) is 0 Å². The third-order valence-electron chi connectivity index (χ3n) is 5.13. The monoisotopic (exact) mass is 462 g/mol. The maximum absolute atomic E-state index is 13.1. The lowest BCUT2D eigenvalue weighted by atomic mass is 9.99. The van der Waals surface area contributed by atoms with Crippen molar-refractivity contribution in [3.63, 3.8) is 0 Å². The van der Waals surface area contributed by atoms with Crippen molar-refractivity contribution in [1.82, 2.24) is 21.3 Å². The number of hydrogen-bond donors (Lipinski definition) is 4. The number of carbonyl (C=O) groups excluding carboxylic acids is 4. The molecule has 0 bridgehead atoms. The highest BCUT2D eigenvalue weighted by atomic mass is 16.5. The van der Waals surface area contributed by atoms with Crippen LogP contribution in [0.15, 0.2) is 24.3 Å². The second-order valence-electron chi connectivity index (χ2n) is 8.84. The lowest BCUT2D eigenvalue weighted by Crippen LogP contribution is -2.58. The van der Waals surface area contributed by atoms with Crippen LogP contribution < -0.4 is 26.0 Å². The molecule has 1 aromatic rings. The molecule has 0 fully saturated rings. The molecule has 0 saturated heterocycles. The van der Waals surface area contributed by atoms with Gasteiger partial charge in [0.25, 0.3) is 0 Å². The van der Waals surface area contributed by atoms with Crippen LogP contribution in [-0.4, -0.2) is 55.9 Å². The molecule has 33 heavy (non-hydrogen) atoms. The molecule has 0 aliphatic carbocycles. The number of hydrogen-bond acceptors (Lipinski definition) is 5. The summed E-state index contributed by atoms with van der Waals surface area (Å²) < 4.78 is 5.15. The largest absolute Gasteiger partial charge is 0.497 e. The highest BCUT2D eigenvalue weighted by molar-refractivity contribution is 5.94. The van der Waals surface area contributed by atoms with Crippen molar-refractivity contribution >= 4 is 23.6 Å². The van der Waals surface area contributed by atoms with Gasteiger partial charge >= 0.3 is 0 Å². The Morgan fingerprint density at radius 3 is 1.91 bits per heavy atom. The summed E-state index contributed by atoms with van der Waals surface area (Å²) in [4.78, 5) is 50.0. The van der Waals surface area contributed by atoms with E-state index in [2.05, 4.69) is 21.3 Å². The number of likely N-dealkylation sites (N-methyl/N-ethyl adjacent to an activating group) is 1. The van der Waals surface area contributed by atoms with E-state index in [0.717, 1.165) is 5.56 Å². The maximum Gasteiger partial charge on any atom is 0.243 e. The minimum atomic E-state index is -0.871. The summed E-state index contributed by atoms with van der Waals surface area (Å²) in [6.07, 6.45) is 0.715. The van der Waals surface area contributed by atoms with E-state index in [1.165, 1.54) is 14.0 Å². The van der Waals surface area contributed by atoms with E-state index in [9.17, 15) is 19.2 Å². The molecule has 1 rings (SSSR count). The van der Waals surface area contributed by atoms with Crippen LogP contribution in [0, 0.1) is 11.8 Å². The lowest BCUT2D eigenvalue weighted by molar-refractivity contribution is -0.134. The molecule has 1 aromatic carbocycles. The minimum Gasteiger partial charge on any atom is -0.497 e. The molecule has 0 saturated carbocycles. The number of methoxy groups -OCH3 is 1. The Kier molecular flexibility index (Phi) is 11.4. The van der Waals surface area contributed by atoms with Gasteiger partial charge in [0.2, 0.25) is 23.6 Å². The fourth-order valence-electron chi connectivity index (χ4n) is 3.38. The zero-order valence-electron chi connectivity index (χ0n) is 20.7.